The molecule has 0 radical (unpaired) electrons. The molecule has 3 rings (SSSR count). The van der Waals surface area contributed by atoms with Gasteiger partial charge >= 0.3 is 0 Å². The van der Waals surface area contributed by atoms with Crippen LogP contribution in [0.5, 0.6) is 0 Å². The Balaban J connectivity index is 1.62. The van der Waals surface area contributed by atoms with Crippen LogP contribution in [0.4, 0.5) is 0 Å². The van der Waals surface area contributed by atoms with Crippen LogP contribution in [0.25, 0.3) is 0 Å². The lowest BCUT2D eigenvalue weighted by atomic mass is 9.84. The minimum Gasteiger partial charge on any atom is -0.353 e. The van der Waals surface area contributed by atoms with E-state index in [9.17, 15) is 4.79 Å². The Bertz CT molecular complexity index is 648. The van der Waals surface area contributed by atoms with Crippen molar-refractivity contribution >= 4 is 40.7 Å². The fourth-order valence-electron chi connectivity index (χ4n) is 4.40. The average Bonchev–Trinajstić information content (AvgIpc) is 2.64. The summed E-state index contributed by atoms with van der Waals surface area (Å²) < 4.78 is 4.25. The molecule has 0 aliphatic carbocycles. The van der Waals surface area contributed by atoms with Crippen LogP contribution < -0.4 is 10.2 Å². The summed E-state index contributed by atoms with van der Waals surface area (Å²) in [5.41, 5.74) is 1.52. The first kappa shape index (κ1) is 21.2. The van der Waals surface area contributed by atoms with E-state index in [1.165, 1.54) is 38.8 Å². The highest BCUT2D eigenvalue weighted by Crippen LogP contribution is 2.32. The van der Waals surface area contributed by atoms with Crippen molar-refractivity contribution in [2.24, 2.45) is 5.92 Å². The topological polar surface area (TPSA) is 42.8 Å². The third-order valence-electron chi connectivity index (χ3n) is 5.75. The fourth-order valence-corrected chi connectivity index (χ4v) is 4.76. The predicted octanol–water partition coefficient (Wildman–Crippen LogP) is 3.29. The van der Waals surface area contributed by atoms with Gasteiger partial charge in [-0.15, -0.1) is 0 Å². The summed E-state index contributed by atoms with van der Waals surface area (Å²) in [6.45, 7) is 4.93. The van der Waals surface area contributed by atoms with Crippen LogP contribution in [0.15, 0.2) is 24.3 Å². The lowest BCUT2D eigenvalue weighted by Gasteiger charge is -2.41. The summed E-state index contributed by atoms with van der Waals surface area (Å²) in [7, 11) is 0. The molecule has 4 nitrogen and oxygen atoms in total. The molecular weight excluding hydrogens is 407 g/mol. The number of rotatable bonds is 5. The van der Waals surface area contributed by atoms with E-state index in [0.29, 0.717) is 24.1 Å². The van der Waals surface area contributed by atoms with Crippen LogP contribution in [0.1, 0.15) is 48.0 Å². The second-order valence-electron chi connectivity index (χ2n) is 7.76. The molecule has 1 amide bonds. The van der Waals surface area contributed by atoms with E-state index in [-0.39, 0.29) is 5.91 Å². The SMILES string of the molecule is Cc1cccc(C(=O)N[C@@H](OC[C@H]2CCC[NH+]3CCCC[C@H]23)C(Cl)(Cl)Cl)c1. The Morgan fingerprint density at radius 1 is 1.26 bits per heavy atom. The Kier molecular flexibility index (Phi) is 7.32. The molecule has 0 aromatic heterocycles. The molecule has 1 aromatic carbocycles. The summed E-state index contributed by atoms with van der Waals surface area (Å²) >= 11 is 18.3. The zero-order chi connectivity index (χ0) is 19.4. The van der Waals surface area contributed by atoms with E-state index in [1.54, 1.807) is 17.0 Å². The van der Waals surface area contributed by atoms with Crippen molar-refractivity contribution in [2.75, 3.05) is 19.7 Å². The van der Waals surface area contributed by atoms with E-state index in [2.05, 4.69) is 5.32 Å². The van der Waals surface area contributed by atoms with Gasteiger partial charge in [-0.3, -0.25) is 4.79 Å². The van der Waals surface area contributed by atoms with Gasteiger partial charge in [0.25, 0.3) is 5.91 Å². The van der Waals surface area contributed by atoms with Crippen molar-refractivity contribution in [3.8, 4) is 0 Å². The number of carbonyl (C=O) groups is 1. The van der Waals surface area contributed by atoms with E-state index in [1.807, 2.05) is 19.1 Å². The second-order valence-corrected chi connectivity index (χ2v) is 10.1. The fraction of sp³-hybridized carbons (Fsp3) is 0.650. The maximum absolute atomic E-state index is 12.6. The summed E-state index contributed by atoms with van der Waals surface area (Å²) in [6, 6.07) is 7.92. The van der Waals surface area contributed by atoms with Gasteiger partial charge in [0.15, 0.2) is 6.23 Å². The van der Waals surface area contributed by atoms with Gasteiger partial charge in [-0.25, -0.2) is 0 Å². The summed E-state index contributed by atoms with van der Waals surface area (Å²) in [6.07, 6.45) is 5.17. The molecule has 2 aliphatic rings. The summed E-state index contributed by atoms with van der Waals surface area (Å²) in [5, 5.41) is 2.75. The van der Waals surface area contributed by atoms with Crippen LogP contribution in [0.3, 0.4) is 0 Å². The lowest BCUT2D eigenvalue weighted by Crippen LogP contribution is -3.18. The van der Waals surface area contributed by atoms with Gasteiger partial charge in [-0.2, -0.15) is 0 Å². The molecule has 2 heterocycles. The Morgan fingerprint density at radius 3 is 2.78 bits per heavy atom. The minimum absolute atomic E-state index is 0.302. The zero-order valence-corrected chi connectivity index (χ0v) is 17.9. The molecule has 1 unspecified atom stereocenters. The number of carbonyl (C=O) groups excluding carboxylic acids is 1. The van der Waals surface area contributed by atoms with Crippen molar-refractivity contribution in [1.29, 1.82) is 0 Å². The quantitative estimate of drug-likeness (QED) is 0.552. The molecule has 2 N–H and O–H groups in total. The predicted molar refractivity (Wildman–Crippen MR) is 110 cm³/mol. The van der Waals surface area contributed by atoms with Crippen molar-refractivity contribution < 1.29 is 14.4 Å². The maximum atomic E-state index is 12.6. The molecule has 4 atom stereocenters. The molecule has 2 aliphatic heterocycles. The van der Waals surface area contributed by atoms with Gasteiger partial charge in [-0.1, -0.05) is 52.5 Å². The van der Waals surface area contributed by atoms with E-state index in [4.69, 9.17) is 39.5 Å². The van der Waals surface area contributed by atoms with Crippen molar-refractivity contribution in [2.45, 2.75) is 55.1 Å². The monoisotopic (exact) mass is 433 g/mol. The number of nitrogens with one attached hydrogen (secondary N) is 2. The Labute approximate surface area is 176 Å². The molecule has 2 fully saturated rings. The van der Waals surface area contributed by atoms with Gasteiger partial charge in [0.1, 0.15) is 0 Å². The van der Waals surface area contributed by atoms with E-state index >= 15 is 0 Å². The number of amides is 1. The van der Waals surface area contributed by atoms with Crippen LogP contribution in [0.2, 0.25) is 0 Å². The number of hydrogen-bond acceptors (Lipinski definition) is 2. The molecule has 1 aromatic rings. The van der Waals surface area contributed by atoms with Gasteiger partial charge in [0.05, 0.1) is 25.7 Å². The smallest absolute Gasteiger partial charge is 0.253 e. The molecule has 2 saturated heterocycles. The number of piperidine rings is 2. The first-order valence-electron chi connectivity index (χ1n) is 9.75. The van der Waals surface area contributed by atoms with E-state index in [0.717, 1.165) is 12.0 Å². The molecule has 27 heavy (non-hydrogen) atoms. The second kappa shape index (κ2) is 9.32. The highest BCUT2D eigenvalue weighted by atomic mass is 35.6. The minimum atomic E-state index is -1.73. The van der Waals surface area contributed by atoms with Crippen LogP contribution in [-0.4, -0.2) is 41.7 Å². The number of hydrogen-bond donors (Lipinski definition) is 2. The summed E-state index contributed by atoms with van der Waals surface area (Å²) in [5.74, 6) is 0.142. The summed E-state index contributed by atoms with van der Waals surface area (Å²) in [4.78, 5) is 14.3. The molecule has 150 valence electrons. The zero-order valence-electron chi connectivity index (χ0n) is 15.6. The van der Waals surface area contributed by atoms with Crippen molar-refractivity contribution in [3.05, 3.63) is 35.4 Å². The normalized spacial score (nSPS) is 26.9. The van der Waals surface area contributed by atoms with Crippen LogP contribution in [-0.2, 0) is 4.74 Å². The number of benzene rings is 1. The number of ether oxygens (including phenoxy) is 1. The number of halogens is 3. The molecule has 7 heteroatoms. The molecular formula is C20H28Cl3N2O2+. The molecule has 0 saturated carbocycles. The highest BCUT2D eigenvalue weighted by molar-refractivity contribution is 6.68. The third-order valence-corrected chi connectivity index (χ3v) is 6.34. The number of aryl methyl sites for hydroxylation is 1. The Hall–Kier alpha value is -0.520. The van der Waals surface area contributed by atoms with Gasteiger partial charge in [0, 0.05) is 11.5 Å². The van der Waals surface area contributed by atoms with Gasteiger partial charge in [0.2, 0.25) is 3.79 Å². The number of alkyl halides is 3. The number of quaternary nitrogens is 1. The largest absolute Gasteiger partial charge is 0.353 e. The standard InChI is InChI=1S/C20H27Cl3N2O2/c1-14-6-4-7-15(12-14)18(26)24-19(20(21,22)23)27-13-16-8-5-11-25-10-3-2-9-17(16)25/h4,6-7,12,16-17,19H,2-3,5,8-11,13H2,1H3,(H,24,26)/p+1/t16-,17-,19+/m1/s1. The van der Waals surface area contributed by atoms with Crippen LogP contribution in [0, 0.1) is 12.8 Å². The number of fused-ring (bicyclic) bond motifs is 1. The maximum Gasteiger partial charge on any atom is 0.253 e. The van der Waals surface area contributed by atoms with Crippen LogP contribution >= 0.6 is 34.8 Å². The lowest BCUT2D eigenvalue weighted by molar-refractivity contribution is -0.940. The van der Waals surface area contributed by atoms with Gasteiger partial charge < -0.3 is 15.0 Å². The first-order valence-corrected chi connectivity index (χ1v) is 10.9. The van der Waals surface area contributed by atoms with E-state index < -0.39 is 10.0 Å². The first-order chi connectivity index (χ1) is 12.8. The average molecular weight is 435 g/mol. The Morgan fingerprint density at radius 2 is 2.04 bits per heavy atom. The van der Waals surface area contributed by atoms with Crippen molar-refractivity contribution in [3.63, 3.8) is 0 Å². The van der Waals surface area contributed by atoms with Gasteiger partial charge in [-0.05, 0) is 51.2 Å². The third kappa shape index (κ3) is 5.74. The van der Waals surface area contributed by atoms with Crippen molar-refractivity contribution in [1.82, 2.24) is 5.32 Å². The molecule has 0 bridgehead atoms. The molecule has 0 spiro atoms. The highest BCUT2D eigenvalue weighted by Gasteiger charge is 2.40.